The van der Waals surface area contributed by atoms with Crippen LogP contribution in [0.4, 0.5) is 13.2 Å². The fourth-order valence-electron chi connectivity index (χ4n) is 4.70. The molecule has 1 saturated carbocycles. The van der Waals surface area contributed by atoms with E-state index in [1.54, 1.807) is 11.0 Å². The van der Waals surface area contributed by atoms with Gasteiger partial charge in [0.25, 0.3) is 0 Å². The topological polar surface area (TPSA) is 66.2 Å². The molecule has 3 aromatic rings. The third-order valence-electron chi connectivity index (χ3n) is 6.97. The van der Waals surface area contributed by atoms with Gasteiger partial charge in [-0.05, 0) is 49.1 Å². The molecule has 0 saturated heterocycles. The molecular weight excluding hydrogens is 471 g/mol. The van der Waals surface area contributed by atoms with E-state index in [4.69, 9.17) is 9.47 Å². The van der Waals surface area contributed by atoms with Crippen molar-refractivity contribution < 1.29 is 27.4 Å². The molecule has 1 fully saturated rings. The second kappa shape index (κ2) is 11.2. The molecule has 6 nitrogen and oxygen atoms in total. The zero-order chi connectivity index (χ0) is 25.6. The SMILES string of the molecule is C[C@@]1(CCOCc2ccccc2)CC[C@@H](COc2ccc(C(F)(F)F)cc2)[C@H](Cn2cncn2)C1=O. The average Bonchev–Trinajstić information content (AvgIpc) is 3.38. The van der Waals surface area contributed by atoms with Crippen LogP contribution < -0.4 is 4.74 Å². The Morgan fingerprint density at radius 2 is 1.86 bits per heavy atom. The highest BCUT2D eigenvalue weighted by molar-refractivity contribution is 5.87. The van der Waals surface area contributed by atoms with Crippen molar-refractivity contribution in [3.8, 4) is 5.75 Å². The molecule has 1 heterocycles. The van der Waals surface area contributed by atoms with Crippen molar-refractivity contribution in [1.82, 2.24) is 14.8 Å². The normalized spacial score (nSPS) is 22.5. The smallest absolute Gasteiger partial charge is 0.416 e. The molecule has 1 aliphatic rings. The summed E-state index contributed by atoms with van der Waals surface area (Å²) >= 11 is 0. The highest BCUT2D eigenvalue weighted by Crippen LogP contribution is 2.42. The lowest BCUT2D eigenvalue weighted by molar-refractivity contribution is -0.141. The number of alkyl halides is 3. The first-order chi connectivity index (χ1) is 17.2. The molecule has 0 amide bonds. The van der Waals surface area contributed by atoms with Gasteiger partial charge in [0.2, 0.25) is 0 Å². The number of ketones is 1. The summed E-state index contributed by atoms with van der Waals surface area (Å²) in [4.78, 5) is 17.7. The van der Waals surface area contributed by atoms with Crippen LogP contribution in [0.15, 0.2) is 67.3 Å². The molecule has 0 unspecified atom stereocenters. The number of aromatic nitrogens is 3. The first kappa shape index (κ1) is 25.9. The molecule has 0 aliphatic heterocycles. The van der Waals surface area contributed by atoms with Crippen LogP contribution in [-0.2, 0) is 28.9 Å². The van der Waals surface area contributed by atoms with Gasteiger partial charge >= 0.3 is 6.18 Å². The largest absolute Gasteiger partial charge is 0.493 e. The lowest BCUT2D eigenvalue weighted by Gasteiger charge is -2.41. The number of benzene rings is 2. The molecular formula is C27H30F3N3O3. The lowest BCUT2D eigenvalue weighted by atomic mass is 9.64. The van der Waals surface area contributed by atoms with Crippen molar-refractivity contribution in [3.63, 3.8) is 0 Å². The first-order valence-electron chi connectivity index (χ1n) is 12.0. The highest BCUT2D eigenvalue weighted by Gasteiger charge is 2.45. The number of ether oxygens (including phenoxy) is 2. The predicted octanol–water partition coefficient (Wildman–Crippen LogP) is 5.58. The number of halogens is 3. The van der Waals surface area contributed by atoms with Crippen LogP contribution in [0.3, 0.4) is 0 Å². The second-order valence-electron chi connectivity index (χ2n) is 9.57. The van der Waals surface area contributed by atoms with Gasteiger partial charge in [-0.3, -0.25) is 9.48 Å². The molecule has 192 valence electrons. The van der Waals surface area contributed by atoms with Crippen LogP contribution in [0, 0.1) is 17.3 Å². The Balaban J connectivity index is 1.38. The summed E-state index contributed by atoms with van der Waals surface area (Å²) in [6.45, 7) is 3.57. The van der Waals surface area contributed by atoms with Gasteiger partial charge in [0.15, 0.2) is 0 Å². The summed E-state index contributed by atoms with van der Waals surface area (Å²) in [7, 11) is 0. The maximum Gasteiger partial charge on any atom is 0.416 e. The van der Waals surface area contributed by atoms with Gasteiger partial charge in [-0.25, -0.2) is 4.98 Å². The van der Waals surface area contributed by atoms with Crippen LogP contribution in [0.25, 0.3) is 0 Å². The zero-order valence-corrected chi connectivity index (χ0v) is 20.2. The van der Waals surface area contributed by atoms with Crippen LogP contribution in [0.2, 0.25) is 0 Å². The Bertz CT molecular complexity index is 1100. The molecule has 0 bridgehead atoms. The van der Waals surface area contributed by atoms with Crippen molar-refractivity contribution in [1.29, 1.82) is 0 Å². The number of rotatable bonds is 10. The van der Waals surface area contributed by atoms with Gasteiger partial charge in [0.05, 0.1) is 25.3 Å². The Morgan fingerprint density at radius 1 is 1.11 bits per heavy atom. The molecule has 4 rings (SSSR count). The highest BCUT2D eigenvalue weighted by atomic mass is 19.4. The summed E-state index contributed by atoms with van der Waals surface area (Å²) in [5.74, 6) is 0.0301. The van der Waals surface area contributed by atoms with Gasteiger partial charge in [-0.1, -0.05) is 37.3 Å². The summed E-state index contributed by atoms with van der Waals surface area (Å²) in [6.07, 6.45) is 0.662. The van der Waals surface area contributed by atoms with Crippen LogP contribution in [0.5, 0.6) is 5.75 Å². The Hall–Kier alpha value is -3.20. The average molecular weight is 502 g/mol. The Kier molecular flexibility index (Phi) is 8.08. The first-order valence-corrected chi connectivity index (χ1v) is 12.0. The maximum absolute atomic E-state index is 13.7. The van der Waals surface area contributed by atoms with E-state index in [1.807, 2.05) is 37.3 Å². The van der Waals surface area contributed by atoms with Crippen LogP contribution in [0.1, 0.15) is 37.3 Å². The van der Waals surface area contributed by atoms with Crippen molar-refractivity contribution in [2.45, 2.75) is 45.5 Å². The van der Waals surface area contributed by atoms with Crippen LogP contribution >= 0.6 is 0 Å². The number of hydrogen-bond donors (Lipinski definition) is 0. The maximum atomic E-state index is 13.7. The molecule has 0 N–H and O–H groups in total. The molecule has 0 radical (unpaired) electrons. The van der Waals surface area contributed by atoms with Gasteiger partial charge in [-0.15, -0.1) is 0 Å². The quantitative estimate of drug-likeness (QED) is 0.339. The fourth-order valence-corrected chi connectivity index (χ4v) is 4.70. The van der Waals surface area contributed by atoms with Crippen molar-refractivity contribution in [2.75, 3.05) is 13.2 Å². The van der Waals surface area contributed by atoms with Gasteiger partial charge < -0.3 is 9.47 Å². The Morgan fingerprint density at radius 3 is 2.53 bits per heavy atom. The van der Waals surface area contributed by atoms with Gasteiger partial charge in [-0.2, -0.15) is 18.3 Å². The summed E-state index contributed by atoms with van der Waals surface area (Å²) in [5, 5.41) is 4.17. The number of nitrogens with zero attached hydrogens (tertiary/aromatic N) is 3. The van der Waals surface area contributed by atoms with E-state index in [9.17, 15) is 18.0 Å². The molecule has 9 heteroatoms. The fraction of sp³-hybridized carbons (Fsp3) is 0.444. The third-order valence-corrected chi connectivity index (χ3v) is 6.97. The predicted molar refractivity (Wildman–Crippen MR) is 127 cm³/mol. The minimum absolute atomic E-state index is 0.0951. The zero-order valence-electron chi connectivity index (χ0n) is 20.2. The van der Waals surface area contributed by atoms with Gasteiger partial charge in [0, 0.05) is 23.9 Å². The van der Waals surface area contributed by atoms with Gasteiger partial charge in [0.1, 0.15) is 24.2 Å². The van der Waals surface area contributed by atoms with Crippen molar-refractivity contribution >= 4 is 5.78 Å². The second-order valence-corrected chi connectivity index (χ2v) is 9.57. The van der Waals surface area contributed by atoms with E-state index in [0.29, 0.717) is 38.3 Å². The standard InChI is InChI=1S/C27H30F3N3O3/c1-26(13-14-35-16-20-5-3-2-4-6-20)12-11-21(24(25(26)34)15-33-19-31-18-32-33)17-36-23-9-7-22(8-10-23)27(28,29)30/h2-10,18-19,21,24H,11-17H2,1H3/t21-,24-,26-/m0/s1. The molecule has 2 aromatic carbocycles. The van der Waals surface area contributed by atoms with E-state index in [-0.39, 0.29) is 24.2 Å². The van der Waals surface area contributed by atoms with Crippen molar-refractivity contribution in [3.05, 3.63) is 78.4 Å². The lowest BCUT2D eigenvalue weighted by Crippen LogP contribution is -2.46. The summed E-state index contributed by atoms with van der Waals surface area (Å²) in [6, 6.07) is 14.5. The molecule has 36 heavy (non-hydrogen) atoms. The third kappa shape index (κ3) is 6.51. The molecule has 3 atom stereocenters. The number of Topliss-reactive ketones (excluding diaryl/α,β-unsaturated/α-hetero) is 1. The summed E-state index contributed by atoms with van der Waals surface area (Å²) < 4.78 is 51.9. The molecule has 1 aliphatic carbocycles. The molecule has 1 aromatic heterocycles. The number of hydrogen-bond acceptors (Lipinski definition) is 5. The minimum atomic E-state index is -4.40. The van der Waals surface area contributed by atoms with E-state index < -0.39 is 17.2 Å². The summed E-state index contributed by atoms with van der Waals surface area (Å²) in [5.41, 5.74) is -0.175. The minimum Gasteiger partial charge on any atom is -0.493 e. The van der Waals surface area contributed by atoms with Crippen molar-refractivity contribution in [2.24, 2.45) is 17.3 Å². The monoisotopic (exact) mass is 501 g/mol. The van der Waals surface area contributed by atoms with E-state index >= 15 is 0 Å². The van der Waals surface area contributed by atoms with E-state index in [2.05, 4.69) is 10.1 Å². The Labute approximate surface area is 208 Å². The number of carbonyl (C=O) groups excluding carboxylic acids is 1. The van der Waals surface area contributed by atoms with Crippen LogP contribution in [-0.4, -0.2) is 33.8 Å². The molecule has 0 spiro atoms. The van der Waals surface area contributed by atoms with E-state index in [1.165, 1.54) is 18.5 Å². The number of carbonyl (C=O) groups is 1. The van der Waals surface area contributed by atoms with E-state index in [0.717, 1.165) is 24.1 Å².